The molecule has 2 rings (SSSR count). The van der Waals surface area contributed by atoms with Gasteiger partial charge in [-0.15, -0.1) is 0 Å². The van der Waals surface area contributed by atoms with E-state index in [1.165, 1.54) is 10.8 Å². The summed E-state index contributed by atoms with van der Waals surface area (Å²) in [7, 11) is 4.22. The van der Waals surface area contributed by atoms with Gasteiger partial charge in [0.1, 0.15) is 6.54 Å². The van der Waals surface area contributed by atoms with Crippen molar-refractivity contribution >= 4 is 5.91 Å². The van der Waals surface area contributed by atoms with E-state index in [1.54, 1.807) is 6.92 Å². The number of carbonyl (C=O) groups excluding carboxylic acids is 1. The first-order chi connectivity index (χ1) is 10.9. The second-order valence-electron chi connectivity index (χ2n) is 6.64. The highest BCUT2D eigenvalue weighted by Crippen LogP contribution is 2.25. The average molecular weight is 322 g/mol. The van der Waals surface area contributed by atoms with Crippen molar-refractivity contribution in [1.29, 1.82) is 0 Å². The van der Waals surface area contributed by atoms with Crippen molar-refractivity contribution in [2.24, 2.45) is 5.92 Å². The number of hydrogen-bond acceptors (Lipinski definition) is 4. The minimum absolute atomic E-state index is 0.0660. The molecule has 1 heterocycles. The van der Waals surface area contributed by atoms with Crippen molar-refractivity contribution in [3.63, 3.8) is 0 Å². The number of aromatic nitrogens is 2. The summed E-state index contributed by atoms with van der Waals surface area (Å²) < 4.78 is 1.23. The van der Waals surface area contributed by atoms with Crippen LogP contribution in [0.15, 0.2) is 15.8 Å². The predicted molar refractivity (Wildman–Crippen MR) is 88.5 cm³/mol. The van der Waals surface area contributed by atoms with Gasteiger partial charge in [0, 0.05) is 24.3 Å². The summed E-state index contributed by atoms with van der Waals surface area (Å²) in [6, 6.07) is 0.643. The molecule has 1 aromatic rings. The molecule has 1 amide bonds. The quantitative estimate of drug-likeness (QED) is 0.804. The zero-order chi connectivity index (χ0) is 17.0. The number of rotatable bonds is 5. The number of nitrogens with zero attached hydrogens (tertiary/aromatic N) is 2. The molecule has 2 N–H and O–H groups in total. The van der Waals surface area contributed by atoms with Crippen molar-refractivity contribution in [1.82, 2.24) is 19.8 Å². The topological polar surface area (TPSA) is 87.2 Å². The van der Waals surface area contributed by atoms with Crippen molar-refractivity contribution < 1.29 is 4.79 Å². The number of nitrogens with one attached hydrogen (secondary N) is 2. The maximum Gasteiger partial charge on any atom is 0.328 e. The SMILES string of the molecule is Cc1cn(CC(=O)NCC2CCC(N(C)C)CC2)c(=O)[nH]c1=O. The maximum absolute atomic E-state index is 12.0. The van der Waals surface area contributed by atoms with E-state index in [0.29, 0.717) is 24.1 Å². The summed E-state index contributed by atoms with van der Waals surface area (Å²) in [5.74, 6) is 0.303. The number of aromatic amines is 1. The van der Waals surface area contributed by atoms with Gasteiger partial charge in [0.25, 0.3) is 5.56 Å². The molecular formula is C16H26N4O3. The third-order valence-corrected chi connectivity index (χ3v) is 4.64. The number of amides is 1. The Balaban J connectivity index is 1.81. The van der Waals surface area contributed by atoms with Crippen LogP contribution in [0.4, 0.5) is 0 Å². The monoisotopic (exact) mass is 322 g/mol. The Kier molecular flexibility index (Phi) is 5.76. The lowest BCUT2D eigenvalue weighted by molar-refractivity contribution is -0.122. The second kappa shape index (κ2) is 7.59. The van der Waals surface area contributed by atoms with E-state index < -0.39 is 11.2 Å². The minimum Gasteiger partial charge on any atom is -0.354 e. The molecular weight excluding hydrogens is 296 g/mol. The molecule has 0 aromatic carbocycles. The summed E-state index contributed by atoms with van der Waals surface area (Å²) in [6.07, 6.45) is 5.96. The van der Waals surface area contributed by atoms with Gasteiger partial charge in [0.05, 0.1) is 0 Å². The molecule has 0 spiro atoms. The van der Waals surface area contributed by atoms with E-state index in [1.807, 2.05) is 0 Å². The Labute approximate surface area is 135 Å². The van der Waals surface area contributed by atoms with Crippen molar-refractivity contribution in [2.45, 2.75) is 45.2 Å². The molecule has 0 saturated heterocycles. The molecule has 1 saturated carbocycles. The molecule has 0 atom stereocenters. The Morgan fingerprint density at radius 2 is 1.96 bits per heavy atom. The molecule has 0 radical (unpaired) electrons. The van der Waals surface area contributed by atoms with Crippen molar-refractivity contribution in [3.05, 3.63) is 32.6 Å². The highest BCUT2D eigenvalue weighted by atomic mass is 16.2. The molecule has 1 aliphatic rings. The van der Waals surface area contributed by atoms with Gasteiger partial charge in [-0.05, 0) is 52.6 Å². The molecule has 0 unspecified atom stereocenters. The fourth-order valence-corrected chi connectivity index (χ4v) is 3.07. The average Bonchev–Trinajstić information content (AvgIpc) is 2.51. The highest BCUT2D eigenvalue weighted by Gasteiger charge is 2.22. The summed E-state index contributed by atoms with van der Waals surface area (Å²) >= 11 is 0. The standard InChI is InChI=1S/C16H26N4O3/c1-11-9-20(16(23)18-15(11)22)10-14(21)17-8-12-4-6-13(7-5-12)19(2)3/h9,12-13H,4-8,10H2,1-3H3,(H,17,21)(H,18,22,23). The Bertz CT molecular complexity index is 654. The lowest BCUT2D eigenvalue weighted by Gasteiger charge is -2.32. The molecule has 1 aliphatic carbocycles. The van der Waals surface area contributed by atoms with E-state index in [9.17, 15) is 14.4 Å². The number of carbonyl (C=O) groups is 1. The molecule has 1 aromatic heterocycles. The molecule has 1 fully saturated rings. The number of H-pyrrole nitrogens is 1. The largest absolute Gasteiger partial charge is 0.354 e. The fourth-order valence-electron chi connectivity index (χ4n) is 3.07. The van der Waals surface area contributed by atoms with E-state index in [4.69, 9.17) is 0 Å². The molecule has 23 heavy (non-hydrogen) atoms. The smallest absolute Gasteiger partial charge is 0.328 e. The van der Waals surface area contributed by atoms with Crippen LogP contribution in [0.25, 0.3) is 0 Å². The predicted octanol–water partition coefficient (Wildman–Crippen LogP) is 0.0816. The summed E-state index contributed by atoms with van der Waals surface area (Å²) in [4.78, 5) is 39.4. The summed E-state index contributed by atoms with van der Waals surface area (Å²) in [6.45, 7) is 2.19. The van der Waals surface area contributed by atoms with Crippen LogP contribution in [-0.4, -0.2) is 47.0 Å². The zero-order valence-corrected chi connectivity index (χ0v) is 14.1. The third kappa shape index (κ3) is 4.79. The van der Waals surface area contributed by atoms with Crippen LogP contribution in [0.3, 0.4) is 0 Å². The van der Waals surface area contributed by atoms with Crippen molar-refractivity contribution in [2.75, 3.05) is 20.6 Å². The van der Waals surface area contributed by atoms with E-state index in [0.717, 1.165) is 25.7 Å². The normalized spacial score (nSPS) is 21.4. The summed E-state index contributed by atoms with van der Waals surface area (Å²) in [5, 5.41) is 2.90. The van der Waals surface area contributed by atoms with Gasteiger partial charge in [0.2, 0.25) is 5.91 Å². The number of hydrogen-bond donors (Lipinski definition) is 2. The van der Waals surface area contributed by atoms with Crippen LogP contribution < -0.4 is 16.6 Å². The number of aryl methyl sites for hydroxylation is 1. The first-order valence-electron chi connectivity index (χ1n) is 8.10. The Morgan fingerprint density at radius 1 is 1.30 bits per heavy atom. The maximum atomic E-state index is 12.0. The zero-order valence-electron chi connectivity index (χ0n) is 14.1. The van der Waals surface area contributed by atoms with E-state index in [2.05, 4.69) is 29.3 Å². The molecule has 128 valence electrons. The van der Waals surface area contributed by atoms with Gasteiger partial charge in [-0.3, -0.25) is 19.1 Å². The first kappa shape index (κ1) is 17.5. The van der Waals surface area contributed by atoms with Crippen LogP contribution in [0.5, 0.6) is 0 Å². The summed E-state index contributed by atoms with van der Waals surface area (Å²) in [5.41, 5.74) is -0.550. The molecule has 7 heteroatoms. The van der Waals surface area contributed by atoms with Crippen molar-refractivity contribution in [3.8, 4) is 0 Å². The van der Waals surface area contributed by atoms with Gasteiger partial charge >= 0.3 is 5.69 Å². The Hall–Kier alpha value is -1.89. The highest BCUT2D eigenvalue weighted by molar-refractivity contribution is 5.75. The lowest BCUT2D eigenvalue weighted by atomic mass is 9.85. The first-order valence-corrected chi connectivity index (χ1v) is 8.10. The van der Waals surface area contributed by atoms with Crippen LogP contribution in [-0.2, 0) is 11.3 Å². The van der Waals surface area contributed by atoms with E-state index >= 15 is 0 Å². The van der Waals surface area contributed by atoms with Gasteiger partial charge < -0.3 is 10.2 Å². The third-order valence-electron chi connectivity index (χ3n) is 4.64. The van der Waals surface area contributed by atoms with Crippen LogP contribution in [0.2, 0.25) is 0 Å². The van der Waals surface area contributed by atoms with E-state index in [-0.39, 0.29) is 12.5 Å². The van der Waals surface area contributed by atoms with Crippen LogP contribution in [0.1, 0.15) is 31.2 Å². The van der Waals surface area contributed by atoms with Crippen LogP contribution in [0, 0.1) is 12.8 Å². The van der Waals surface area contributed by atoms with Gasteiger partial charge in [0.15, 0.2) is 0 Å². The fraction of sp³-hybridized carbons (Fsp3) is 0.688. The van der Waals surface area contributed by atoms with Gasteiger partial charge in [-0.25, -0.2) is 4.79 Å². The second-order valence-corrected chi connectivity index (χ2v) is 6.64. The Morgan fingerprint density at radius 3 is 2.57 bits per heavy atom. The molecule has 0 aliphatic heterocycles. The molecule has 7 nitrogen and oxygen atoms in total. The minimum atomic E-state index is -0.553. The molecule has 0 bridgehead atoms. The van der Waals surface area contributed by atoms with Gasteiger partial charge in [-0.1, -0.05) is 0 Å². The lowest BCUT2D eigenvalue weighted by Crippen LogP contribution is -2.39. The van der Waals surface area contributed by atoms with Crippen LogP contribution >= 0.6 is 0 Å². The van der Waals surface area contributed by atoms with Gasteiger partial charge in [-0.2, -0.15) is 0 Å².